The van der Waals surface area contributed by atoms with Gasteiger partial charge in [0.2, 0.25) is 0 Å². The predicted octanol–water partition coefficient (Wildman–Crippen LogP) is 3.46. The third kappa shape index (κ3) is 2.54. The lowest BCUT2D eigenvalue weighted by atomic mass is 10.3. The molecule has 1 aliphatic rings. The van der Waals surface area contributed by atoms with Gasteiger partial charge in [-0.25, -0.2) is 0 Å². The number of rotatable bonds is 3. The molecule has 0 saturated heterocycles. The Bertz CT molecular complexity index is 497. The Morgan fingerprint density at radius 2 is 2.19 bits per heavy atom. The topological polar surface area (TPSA) is 29.4 Å². The van der Waals surface area contributed by atoms with Crippen molar-refractivity contribution in [1.29, 1.82) is 0 Å². The molecule has 0 amide bonds. The Morgan fingerprint density at radius 1 is 1.38 bits per heavy atom. The van der Waals surface area contributed by atoms with Crippen molar-refractivity contribution in [3.63, 3.8) is 0 Å². The molecule has 1 aromatic rings. The van der Waals surface area contributed by atoms with Crippen molar-refractivity contribution in [3.05, 3.63) is 40.0 Å². The standard InChI is InChI=1S/C11H9Cl2NOS/c12-9-2-1-3-10(11(9)13)16(15)7-8-4-5-14-6-8/h1-3,5-6H,4,7H2. The van der Waals surface area contributed by atoms with Crippen molar-refractivity contribution < 1.29 is 4.21 Å². The molecule has 5 heteroatoms. The van der Waals surface area contributed by atoms with Crippen LogP contribution in [0.5, 0.6) is 0 Å². The maximum Gasteiger partial charge on any atom is 0.0753 e. The van der Waals surface area contributed by atoms with Crippen LogP contribution in [0.2, 0.25) is 10.0 Å². The van der Waals surface area contributed by atoms with Gasteiger partial charge in [0.1, 0.15) is 0 Å². The number of halogens is 2. The van der Waals surface area contributed by atoms with Crippen LogP contribution >= 0.6 is 23.2 Å². The van der Waals surface area contributed by atoms with Gasteiger partial charge in [-0.05, 0) is 17.7 Å². The van der Waals surface area contributed by atoms with E-state index in [1.165, 1.54) is 0 Å². The third-order valence-electron chi connectivity index (χ3n) is 2.19. The van der Waals surface area contributed by atoms with Crippen LogP contribution in [0.4, 0.5) is 0 Å². The lowest BCUT2D eigenvalue weighted by Crippen LogP contribution is -2.01. The van der Waals surface area contributed by atoms with Crippen LogP contribution < -0.4 is 0 Å². The molecule has 84 valence electrons. The molecule has 1 atom stereocenters. The van der Waals surface area contributed by atoms with E-state index in [2.05, 4.69) is 4.99 Å². The second kappa shape index (κ2) is 5.13. The molecule has 2 rings (SSSR count). The highest BCUT2D eigenvalue weighted by Gasteiger charge is 2.13. The maximum atomic E-state index is 12.0. The Morgan fingerprint density at radius 3 is 2.88 bits per heavy atom. The van der Waals surface area contributed by atoms with E-state index >= 15 is 0 Å². The van der Waals surface area contributed by atoms with Crippen LogP contribution in [0.15, 0.2) is 39.9 Å². The van der Waals surface area contributed by atoms with Crippen molar-refractivity contribution >= 4 is 40.2 Å². The van der Waals surface area contributed by atoms with E-state index in [9.17, 15) is 4.21 Å². The Balaban J connectivity index is 2.18. The fraction of sp³-hybridized carbons (Fsp3) is 0.182. The quantitative estimate of drug-likeness (QED) is 0.830. The number of nitrogens with zero attached hydrogens (tertiary/aromatic N) is 1. The second-order valence-corrected chi connectivity index (χ2v) is 5.57. The first kappa shape index (κ1) is 11.8. The summed E-state index contributed by atoms with van der Waals surface area (Å²) < 4.78 is 12.0. The van der Waals surface area contributed by atoms with E-state index in [-0.39, 0.29) is 0 Å². The van der Waals surface area contributed by atoms with Gasteiger partial charge in [0.25, 0.3) is 0 Å². The van der Waals surface area contributed by atoms with E-state index < -0.39 is 10.8 Å². The summed E-state index contributed by atoms with van der Waals surface area (Å²) in [6, 6.07) is 5.17. The van der Waals surface area contributed by atoms with Crippen molar-refractivity contribution in [2.24, 2.45) is 4.99 Å². The minimum Gasteiger partial charge on any atom is -0.269 e. The smallest absolute Gasteiger partial charge is 0.0753 e. The highest BCUT2D eigenvalue weighted by Crippen LogP contribution is 2.28. The molecule has 0 spiro atoms. The number of benzene rings is 1. The average molecular weight is 274 g/mol. The number of hydrogen-bond acceptors (Lipinski definition) is 2. The summed E-state index contributed by atoms with van der Waals surface area (Å²) in [5.41, 5.74) is 1.05. The summed E-state index contributed by atoms with van der Waals surface area (Å²) in [5.74, 6) is 0.458. The zero-order valence-corrected chi connectivity index (χ0v) is 10.6. The summed E-state index contributed by atoms with van der Waals surface area (Å²) in [6.45, 7) is 0. The first-order valence-corrected chi connectivity index (χ1v) is 6.78. The summed E-state index contributed by atoms with van der Waals surface area (Å²) in [5, 5.41) is 0.811. The Hall–Kier alpha value is -0.640. The molecule has 0 radical (unpaired) electrons. The minimum absolute atomic E-state index is 0.377. The average Bonchev–Trinajstić information content (AvgIpc) is 2.74. The van der Waals surface area contributed by atoms with Crippen molar-refractivity contribution in [1.82, 2.24) is 0 Å². The monoisotopic (exact) mass is 273 g/mol. The number of aliphatic imine (C=N–C) groups is 1. The molecule has 1 aliphatic heterocycles. The molecule has 1 aromatic carbocycles. The van der Waals surface area contributed by atoms with Crippen molar-refractivity contribution in [3.8, 4) is 0 Å². The highest BCUT2D eigenvalue weighted by atomic mass is 35.5. The van der Waals surface area contributed by atoms with Crippen molar-refractivity contribution in [2.75, 3.05) is 5.75 Å². The van der Waals surface area contributed by atoms with Gasteiger partial charge in [-0.2, -0.15) is 0 Å². The van der Waals surface area contributed by atoms with E-state index in [0.29, 0.717) is 20.7 Å². The van der Waals surface area contributed by atoms with Crippen LogP contribution in [0, 0.1) is 0 Å². The summed E-state index contributed by atoms with van der Waals surface area (Å²) in [4.78, 5) is 4.56. The lowest BCUT2D eigenvalue weighted by Gasteiger charge is -2.05. The van der Waals surface area contributed by atoms with Gasteiger partial charge >= 0.3 is 0 Å². The van der Waals surface area contributed by atoms with Gasteiger partial charge < -0.3 is 0 Å². The molecule has 0 fully saturated rings. The van der Waals surface area contributed by atoms with Crippen LogP contribution in [0.3, 0.4) is 0 Å². The highest BCUT2D eigenvalue weighted by molar-refractivity contribution is 7.85. The zero-order chi connectivity index (χ0) is 11.5. The minimum atomic E-state index is -1.16. The van der Waals surface area contributed by atoms with Gasteiger partial charge in [0.05, 0.1) is 31.5 Å². The fourth-order valence-corrected chi connectivity index (χ4v) is 3.22. The summed E-state index contributed by atoms with van der Waals surface area (Å²) in [7, 11) is -1.16. The van der Waals surface area contributed by atoms with Crippen LogP contribution in [-0.2, 0) is 10.8 Å². The van der Waals surface area contributed by atoms with Crippen molar-refractivity contribution in [2.45, 2.75) is 11.3 Å². The fourth-order valence-electron chi connectivity index (χ4n) is 1.38. The zero-order valence-electron chi connectivity index (χ0n) is 8.32. The molecule has 1 heterocycles. The Labute approximate surface area is 106 Å². The molecular formula is C11H9Cl2NOS. The largest absolute Gasteiger partial charge is 0.269 e. The van der Waals surface area contributed by atoms with Gasteiger partial charge in [0.15, 0.2) is 0 Å². The van der Waals surface area contributed by atoms with E-state index in [1.807, 2.05) is 0 Å². The van der Waals surface area contributed by atoms with Crippen LogP contribution in [0.25, 0.3) is 0 Å². The maximum absolute atomic E-state index is 12.0. The van der Waals surface area contributed by atoms with Gasteiger partial charge in [-0.15, -0.1) is 0 Å². The first-order valence-electron chi connectivity index (χ1n) is 4.70. The normalized spacial score (nSPS) is 16.2. The summed E-state index contributed by atoms with van der Waals surface area (Å²) in [6.07, 6.45) is 4.31. The lowest BCUT2D eigenvalue weighted by molar-refractivity contribution is 0.684. The molecule has 0 N–H and O–H groups in total. The molecule has 2 nitrogen and oxygen atoms in total. The van der Waals surface area contributed by atoms with E-state index in [1.54, 1.807) is 30.6 Å². The first-order chi connectivity index (χ1) is 7.68. The Kier molecular flexibility index (Phi) is 3.79. The van der Waals surface area contributed by atoms with Crippen LogP contribution in [0.1, 0.15) is 6.42 Å². The van der Waals surface area contributed by atoms with Gasteiger partial charge in [-0.1, -0.05) is 29.3 Å². The second-order valence-electron chi connectivity index (χ2n) is 3.36. The summed E-state index contributed by atoms with van der Waals surface area (Å²) >= 11 is 11.9. The molecule has 1 unspecified atom stereocenters. The molecule has 16 heavy (non-hydrogen) atoms. The SMILES string of the molecule is O=S(CC1=CN=CC1)c1cccc(Cl)c1Cl. The molecule has 0 saturated carbocycles. The molecular weight excluding hydrogens is 265 g/mol. The van der Waals surface area contributed by atoms with Gasteiger partial charge in [-0.3, -0.25) is 9.20 Å². The third-order valence-corrected chi connectivity index (χ3v) is 4.59. The van der Waals surface area contributed by atoms with Gasteiger partial charge in [0, 0.05) is 18.8 Å². The number of hydrogen-bond donors (Lipinski definition) is 0. The van der Waals surface area contributed by atoms with E-state index in [0.717, 1.165) is 12.0 Å². The molecule has 0 aliphatic carbocycles. The van der Waals surface area contributed by atoms with Crippen LogP contribution in [-0.4, -0.2) is 16.2 Å². The van der Waals surface area contributed by atoms with E-state index in [4.69, 9.17) is 23.2 Å². The molecule has 0 aromatic heterocycles. The molecule has 0 bridgehead atoms. The predicted molar refractivity (Wildman–Crippen MR) is 68.9 cm³/mol.